The molecular weight excluding hydrogens is 366 g/mol. The van der Waals surface area contributed by atoms with E-state index in [9.17, 15) is 0 Å². The zero-order valence-corrected chi connectivity index (χ0v) is 15.6. The van der Waals surface area contributed by atoms with E-state index in [-0.39, 0.29) is 0 Å². The first-order chi connectivity index (χ1) is 10.0. The van der Waals surface area contributed by atoms with E-state index in [1.54, 1.807) is 11.3 Å². The Morgan fingerprint density at radius 3 is 2.38 bits per heavy atom. The minimum atomic E-state index is 0.518. The van der Waals surface area contributed by atoms with Gasteiger partial charge >= 0.3 is 0 Å². The molecule has 0 spiro atoms. The van der Waals surface area contributed by atoms with Gasteiger partial charge in [0.25, 0.3) is 0 Å². The van der Waals surface area contributed by atoms with Crippen LogP contribution < -0.4 is 5.32 Å². The van der Waals surface area contributed by atoms with Gasteiger partial charge in [0.15, 0.2) is 0 Å². The average molecular weight is 387 g/mol. The third-order valence-electron chi connectivity index (χ3n) is 3.37. The molecule has 0 aliphatic rings. The van der Waals surface area contributed by atoms with Gasteiger partial charge in [-0.05, 0) is 55.1 Å². The van der Waals surface area contributed by atoms with Crippen LogP contribution >= 0.6 is 38.9 Å². The van der Waals surface area contributed by atoms with Crippen molar-refractivity contribution in [3.05, 3.63) is 55.6 Å². The fourth-order valence-electron chi connectivity index (χ4n) is 2.32. The van der Waals surface area contributed by atoms with Crippen LogP contribution in [0.3, 0.4) is 0 Å². The number of rotatable bonds is 7. The van der Waals surface area contributed by atoms with Gasteiger partial charge in [-0.2, -0.15) is 0 Å². The average Bonchev–Trinajstić information content (AvgIpc) is 2.84. The van der Waals surface area contributed by atoms with Crippen LogP contribution in [0.1, 0.15) is 24.3 Å². The number of hydrogen-bond donors (Lipinski definition) is 1. The smallest absolute Gasteiger partial charge is 0.0931 e. The summed E-state index contributed by atoms with van der Waals surface area (Å²) >= 11 is 11.2. The Labute approximate surface area is 144 Å². The molecule has 1 heterocycles. The highest BCUT2D eigenvalue weighted by Crippen LogP contribution is 2.25. The molecule has 0 aliphatic carbocycles. The van der Waals surface area contributed by atoms with Crippen molar-refractivity contribution in [3.63, 3.8) is 0 Å². The highest BCUT2D eigenvalue weighted by atomic mass is 79.9. The Morgan fingerprint density at radius 2 is 1.81 bits per heavy atom. The molecule has 0 amide bonds. The van der Waals surface area contributed by atoms with Crippen molar-refractivity contribution in [2.24, 2.45) is 5.92 Å². The maximum atomic E-state index is 6.05. The Hall–Kier alpha value is -0.350. The van der Waals surface area contributed by atoms with Crippen LogP contribution in [0.2, 0.25) is 4.34 Å². The second-order valence-corrected chi connectivity index (χ2v) is 8.38. The maximum Gasteiger partial charge on any atom is 0.0931 e. The van der Waals surface area contributed by atoms with Gasteiger partial charge in [-0.15, -0.1) is 11.3 Å². The quantitative estimate of drug-likeness (QED) is 0.656. The van der Waals surface area contributed by atoms with Crippen molar-refractivity contribution in [2.45, 2.75) is 32.7 Å². The van der Waals surface area contributed by atoms with Gasteiger partial charge in [-0.1, -0.05) is 53.5 Å². The van der Waals surface area contributed by atoms with Gasteiger partial charge in [0.05, 0.1) is 4.34 Å². The van der Waals surface area contributed by atoms with Gasteiger partial charge in [0.1, 0.15) is 0 Å². The van der Waals surface area contributed by atoms with Crippen molar-refractivity contribution in [1.82, 2.24) is 5.32 Å². The number of hydrogen-bond acceptors (Lipinski definition) is 2. The molecular formula is C17H21BrClNS. The molecule has 1 nitrogen and oxygen atoms in total. The van der Waals surface area contributed by atoms with E-state index in [0.29, 0.717) is 12.0 Å². The Kier molecular flexibility index (Phi) is 6.74. The largest absolute Gasteiger partial charge is 0.314 e. The standard InChI is InChI=1S/C17H21BrClNS/c1-12(2)20-11-14(10-16-7-8-17(19)21-16)9-13-3-5-15(18)6-4-13/h3-8,12,14,20H,9-11H2,1-2H3. The summed E-state index contributed by atoms with van der Waals surface area (Å²) in [6.07, 6.45) is 2.16. The second kappa shape index (κ2) is 8.33. The van der Waals surface area contributed by atoms with E-state index >= 15 is 0 Å². The topological polar surface area (TPSA) is 12.0 Å². The van der Waals surface area contributed by atoms with Crippen LogP contribution in [0.5, 0.6) is 0 Å². The summed E-state index contributed by atoms with van der Waals surface area (Å²) in [5.41, 5.74) is 1.39. The van der Waals surface area contributed by atoms with Crippen molar-refractivity contribution >= 4 is 38.9 Å². The SMILES string of the molecule is CC(C)NCC(Cc1ccc(Br)cc1)Cc1ccc(Cl)s1. The molecule has 1 aromatic carbocycles. The minimum Gasteiger partial charge on any atom is -0.314 e. The normalized spacial score (nSPS) is 12.8. The first-order valence-electron chi connectivity index (χ1n) is 7.25. The van der Waals surface area contributed by atoms with Crippen molar-refractivity contribution in [2.75, 3.05) is 6.54 Å². The molecule has 2 rings (SSSR count). The lowest BCUT2D eigenvalue weighted by Crippen LogP contribution is -2.30. The van der Waals surface area contributed by atoms with Crippen molar-refractivity contribution < 1.29 is 0 Å². The summed E-state index contributed by atoms with van der Waals surface area (Å²) in [6.45, 7) is 5.42. The van der Waals surface area contributed by atoms with Gasteiger partial charge in [0, 0.05) is 15.4 Å². The Bertz CT molecular complexity index is 550. The number of thiophene rings is 1. The van der Waals surface area contributed by atoms with Crippen LogP contribution in [0, 0.1) is 5.92 Å². The molecule has 1 N–H and O–H groups in total. The van der Waals surface area contributed by atoms with Gasteiger partial charge in [-0.3, -0.25) is 0 Å². The van der Waals surface area contributed by atoms with E-state index in [1.165, 1.54) is 10.4 Å². The number of nitrogens with one attached hydrogen (secondary N) is 1. The first-order valence-corrected chi connectivity index (χ1v) is 9.23. The first kappa shape index (κ1) is 17.0. The molecule has 1 aromatic heterocycles. The molecule has 0 fully saturated rings. The molecule has 4 heteroatoms. The monoisotopic (exact) mass is 385 g/mol. The lowest BCUT2D eigenvalue weighted by molar-refractivity contribution is 0.446. The van der Waals surface area contributed by atoms with Crippen molar-refractivity contribution in [1.29, 1.82) is 0 Å². The highest BCUT2D eigenvalue weighted by Gasteiger charge is 2.13. The minimum absolute atomic E-state index is 0.518. The summed E-state index contributed by atoms with van der Waals surface area (Å²) < 4.78 is 2.01. The highest BCUT2D eigenvalue weighted by molar-refractivity contribution is 9.10. The maximum absolute atomic E-state index is 6.05. The van der Waals surface area contributed by atoms with Crippen molar-refractivity contribution in [3.8, 4) is 0 Å². The van der Waals surface area contributed by atoms with Crippen LogP contribution in [-0.2, 0) is 12.8 Å². The van der Waals surface area contributed by atoms with E-state index in [0.717, 1.165) is 28.2 Å². The molecule has 0 aliphatic heterocycles. The van der Waals surface area contributed by atoms with Gasteiger partial charge in [0.2, 0.25) is 0 Å². The summed E-state index contributed by atoms with van der Waals surface area (Å²) in [7, 11) is 0. The zero-order chi connectivity index (χ0) is 15.2. The second-order valence-electron chi connectivity index (χ2n) is 5.67. The predicted molar refractivity (Wildman–Crippen MR) is 97.5 cm³/mol. The van der Waals surface area contributed by atoms with Crippen LogP contribution in [0.15, 0.2) is 40.9 Å². The molecule has 0 bridgehead atoms. The van der Waals surface area contributed by atoms with E-state index in [4.69, 9.17) is 11.6 Å². The third-order valence-corrected chi connectivity index (χ3v) is 5.15. The molecule has 21 heavy (non-hydrogen) atoms. The van der Waals surface area contributed by atoms with Crippen LogP contribution in [-0.4, -0.2) is 12.6 Å². The predicted octanol–water partition coefficient (Wildman–Crippen LogP) is 5.56. The van der Waals surface area contributed by atoms with E-state index < -0.39 is 0 Å². The zero-order valence-electron chi connectivity index (χ0n) is 12.4. The van der Waals surface area contributed by atoms with Crippen LogP contribution in [0.4, 0.5) is 0 Å². The summed E-state index contributed by atoms with van der Waals surface area (Å²) in [5, 5.41) is 3.57. The number of benzene rings is 1. The summed E-state index contributed by atoms with van der Waals surface area (Å²) in [6, 6.07) is 13.3. The summed E-state index contributed by atoms with van der Waals surface area (Å²) in [5.74, 6) is 0.586. The summed E-state index contributed by atoms with van der Waals surface area (Å²) in [4.78, 5) is 1.37. The number of halogens is 2. The van der Waals surface area contributed by atoms with Gasteiger partial charge < -0.3 is 5.32 Å². The lowest BCUT2D eigenvalue weighted by atomic mass is 9.95. The fraction of sp³-hybridized carbons (Fsp3) is 0.412. The molecule has 2 aromatic rings. The Morgan fingerprint density at radius 1 is 1.10 bits per heavy atom. The fourth-order valence-corrected chi connectivity index (χ4v) is 3.78. The molecule has 1 unspecified atom stereocenters. The molecule has 1 atom stereocenters. The third kappa shape index (κ3) is 6.11. The lowest BCUT2D eigenvalue weighted by Gasteiger charge is -2.19. The van der Waals surface area contributed by atoms with E-state index in [1.807, 2.05) is 6.07 Å². The van der Waals surface area contributed by atoms with E-state index in [2.05, 4.69) is 65.4 Å². The Balaban J connectivity index is 2.02. The molecule has 0 saturated heterocycles. The molecule has 0 saturated carbocycles. The van der Waals surface area contributed by atoms with Gasteiger partial charge in [-0.25, -0.2) is 0 Å². The molecule has 114 valence electrons. The van der Waals surface area contributed by atoms with Crippen LogP contribution in [0.25, 0.3) is 0 Å². The molecule has 0 radical (unpaired) electrons.